The molecule has 1 aliphatic rings. The third-order valence-electron chi connectivity index (χ3n) is 7.77. The molecule has 0 aromatic rings. The van der Waals surface area contributed by atoms with Gasteiger partial charge in [0, 0.05) is 12.3 Å². The Bertz CT molecular complexity index is 1450. The van der Waals surface area contributed by atoms with E-state index in [1.807, 2.05) is 0 Å². The molecule has 53 heavy (non-hydrogen) atoms. The molecule has 1 aliphatic carbocycles. The van der Waals surface area contributed by atoms with Crippen molar-refractivity contribution in [2.45, 2.75) is 146 Å². The first kappa shape index (κ1) is 48.3. The van der Waals surface area contributed by atoms with Gasteiger partial charge in [0.1, 0.15) is 43.2 Å². The Kier molecular flexibility index (Phi) is 24.5. The van der Waals surface area contributed by atoms with Gasteiger partial charge in [0.15, 0.2) is 6.10 Å². The van der Waals surface area contributed by atoms with Gasteiger partial charge < -0.3 is 44.6 Å². The fraction of sp³-hybridized carbons (Fsp3) is 0.714. The molecule has 0 bridgehead atoms. The first-order chi connectivity index (χ1) is 25.1. The number of aliphatic hydroxyl groups is 4. The van der Waals surface area contributed by atoms with Crippen LogP contribution in [0.4, 0.5) is 0 Å². The van der Waals surface area contributed by atoms with Crippen LogP contribution in [0.3, 0.4) is 0 Å². The van der Waals surface area contributed by atoms with Gasteiger partial charge >= 0.3 is 27.6 Å². The molecule has 0 amide bonds. The fourth-order valence-corrected chi connectivity index (χ4v) is 6.61. The zero-order valence-electron chi connectivity index (χ0n) is 30.1. The third kappa shape index (κ3) is 22.3. The molecule has 1 fully saturated rings. The van der Waals surface area contributed by atoms with Gasteiger partial charge in [-0.05, 0) is 48.9 Å². The summed E-state index contributed by atoms with van der Waals surface area (Å²) >= 11 is 0. The number of carbonyl (C=O) groups excluding carboxylic acids is 2. The maximum absolute atomic E-state index is 12.8. The molecule has 16 nitrogen and oxygen atoms in total. The first-order valence-electron chi connectivity index (χ1n) is 17.5. The summed E-state index contributed by atoms with van der Waals surface area (Å²) in [5.74, 6) is 16.9. The third-order valence-corrected chi connectivity index (χ3v) is 9.27. The zero-order valence-corrected chi connectivity index (χ0v) is 31.8. The highest BCUT2D eigenvalue weighted by atomic mass is 31.2. The Morgan fingerprint density at radius 3 is 1.58 bits per heavy atom. The van der Waals surface area contributed by atoms with E-state index >= 15 is 0 Å². The minimum atomic E-state index is -5.32. The molecular formula is C35H52O16P2. The van der Waals surface area contributed by atoms with Crippen molar-refractivity contribution in [1.29, 1.82) is 0 Å². The molecule has 0 aromatic heterocycles. The summed E-state index contributed by atoms with van der Waals surface area (Å²) in [5.41, 5.74) is 0. The van der Waals surface area contributed by atoms with E-state index in [4.69, 9.17) is 28.3 Å². The average Bonchev–Trinajstić information content (AvgIpc) is 3.10. The maximum Gasteiger partial charge on any atom is 0.472 e. The second kappa shape index (κ2) is 26.9. The van der Waals surface area contributed by atoms with Gasteiger partial charge in [-0.25, -0.2) is 13.9 Å². The molecule has 0 heterocycles. The molecule has 0 spiro atoms. The number of aliphatic hydroxyl groups excluding tert-OH is 4. The van der Waals surface area contributed by atoms with Gasteiger partial charge in [-0.3, -0.25) is 18.4 Å². The molecular weight excluding hydrogens is 738 g/mol. The van der Waals surface area contributed by atoms with Gasteiger partial charge in [-0.2, -0.15) is 0 Å². The fourth-order valence-electron chi connectivity index (χ4n) is 5.07. The highest BCUT2D eigenvalue weighted by Crippen LogP contribution is 2.48. The predicted molar refractivity (Wildman–Crippen MR) is 190 cm³/mol. The quantitative estimate of drug-likeness (QED) is 0.0244. The van der Waals surface area contributed by atoms with Crippen LogP contribution in [0.1, 0.15) is 104 Å². The molecule has 0 radical (unpaired) electrons. The van der Waals surface area contributed by atoms with Crippen LogP contribution < -0.4 is 0 Å². The molecule has 1 rings (SSSR count). The van der Waals surface area contributed by atoms with Gasteiger partial charge in [-0.15, -0.1) is 0 Å². The van der Waals surface area contributed by atoms with Gasteiger partial charge in [-0.1, -0.05) is 89.9 Å². The van der Waals surface area contributed by atoms with E-state index in [0.29, 0.717) is 6.42 Å². The monoisotopic (exact) mass is 790 g/mol. The normalized spacial score (nSPS) is 22.5. The standard InChI is InChI=1S/C35H52O16P2/c1-3-5-7-9-11-12-13-14-15-16-18-20-22-24-29(37)49-27(25-47-28(36)23-21-19-17-10-8-6-4-2)26-48-53(45,46)51-35-32(40)30(38)34(31(39)33(35)41)50-52(42,43)44/h27,30-35,38-41H,3,5,7,9,11-16,18,20,22,24-26H2,1-2H3,(H,45,46)(H2,42,43,44)/t27-,30-,31+,32?,33-,34?,35?/m1/s1. The van der Waals surface area contributed by atoms with E-state index in [1.165, 1.54) is 51.4 Å². The van der Waals surface area contributed by atoms with Crippen molar-refractivity contribution in [2.24, 2.45) is 0 Å². The second-order valence-electron chi connectivity index (χ2n) is 12.2. The summed E-state index contributed by atoms with van der Waals surface area (Å²) < 4.78 is 48.1. The lowest BCUT2D eigenvalue weighted by Crippen LogP contribution is -2.64. The number of carbonyl (C=O) groups is 2. The lowest BCUT2D eigenvalue weighted by atomic mass is 9.85. The molecule has 18 heteroatoms. The summed E-state index contributed by atoms with van der Waals surface area (Å²) in [6, 6.07) is 0. The molecule has 1 saturated carbocycles. The second-order valence-corrected chi connectivity index (χ2v) is 14.8. The summed E-state index contributed by atoms with van der Waals surface area (Å²) in [7, 11) is -10.6. The van der Waals surface area contributed by atoms with E-state index in [1.54, 1.807) is 6.92 Å². The van der Waals surface area contributed by atoms with E-state index in [2.05, 4.69) is 58.8 Å². The number of esters is 2. The van der Waals surface area contributed by atoms with E-state index < -0.39 is 83.5 Å². The minimum Gasteiger partial charge on any atom is -0.456 e. The van der Waals surface area contributed by atoms with Crippen molar-refractivity contribution in [3.63, 3.8) is 0 Å². The molecule has 0 aliphatic heterocycles. The van der Waals surface area contributed by atoms with Crippen molar-refractivity contribution < 1.29 is 76.9 Å². The average molecular weight is 791 g/mol. The van der Waals surface area contributed by atoms with Crippen LogP contribution in [0.15, 0.2) is 0 Å². The smallest absolute Gasteiger partial charge is 0.456 e. The summed E-state index contributed by atoms with van der Waals surface area (Å²) in [6.07, 6.45) is -0.814. The Morgan fingerprint density at radius 1 is 0.642 bits per heavy atom. The van der Waals surface area contributed by atoms with Crippen molar-refractivity contribution in [1.82, 2.24) is 0 Å². The Labute approximate surface area is 311 Å². The summed E-state index contributed by atoms with van der Waals surface area (Å²) in [4.78, 5) is 53.0. The summed E-state index contributed by atoms with van der Waals surface area (Å²) in [5, 5.41) is 41.0. The van der Waals surface area contributed by atoms with Crippen LogP contribution in [0.25, 0.3) is 0 Å². The number of hydrogen-bond donors (Lipinski definition) is 7. The van der Waals surface area contributed by atoms with Gasteiger partial charge in [0.05, 0.1) is 6.61 Å². The minimum absolute atomic E-state index is 0.0115. The lowest BCUT2D eigenvalue weighted by Gasteiger charge is -2.43. The first-order valence-corrected chi connectivity index (χ1v) is 20.5. The highest BCUT2D eigenvalue weighted by Gasteiger charge is 2.54. The number of hydrogen-bond acceptors (Lipinski definition) is 13. The van der Waals surface area contributed by atoms with Crippen LogP contribution in [0, 0.1) is 47.4 Å². The molecule has 298 valence electrons. The Balaban J connectivity index is 2.75. The van der Waals surface area contributed by atoms with Crippen molar-refractivity contribution >= 4 is 27.6 Å². The van der Waals surface area contributed by atoms with Crippen LogP contribution in [-0.2, 0) is 41.8 Å². The number of phosphoric acid groups is 2. The van der Waals surface area contributed by atoms with Gasteiger partial charge in [0.25, 0.3) is 0 Å². The van der Waals surface area contributed by atoms with Crippen LogP contribution in [-0.4, -0.2) is 103 Å². The summed E-state index contributed by atoms with van der Waals surface area (Å²) in [6.45, 7) is 2.18. The number of ether oxygens (including phenoxy) is 2. The van der Waals surface area contributed by atoms with Crippen molar-refractivity contribution in [3.8, 4) is 47.4 Å². The zero-order chi connectivity index (χ0) is 39.7. The van der Waals surface area contributed by atoms with E-state index in [-0.39, 0.29) is 6.42 Å². The van der Waals surface area contributed by atoms with E-state index in [9.17, 15) is 44.0 Å². The molecule has 0 saturated heterocycles. The lowest BCUT2D eigenvalue weighted by molar-refractivity contribution is -0.216. The molecule has 4 unspecified atom stereocenters. The SMILES string of the molecule is CC#CC#CC#CC#CC(=O)OC[C@H](COP(=O)(O)OC1C(O)[C@@H](O)C(OP(=O)(O)O)[C@@H](O)[C@H]1O)OC(=O)CCCCCCCCCCCCCCC. The molecule has 0 aromatic carbocycles. The highest BCUT2D eigenvalue weighted by molar-refractivity contribution is 7.47. The Morgan fingerprint density at radius 2 is 1.09 bits per heavy atom. The largest absolute Gasteiger partial charge is 0.472 e. The Hall–Kier alpha value is -2.76. The predicted octanol–water partition coefficient (Wildman–Crippen LogP) is 2.39. The van der Waals surface area contributed by atoms with Gasteiger partial charge in [0.2, 0.25) is 0 Å². The van der Waals surface area contributed by atoms with Crippen molar-refractivity contribution in [3.05, 3.63) is 0 Å². The number of unbranched alkanes of at least 4 members (excludes halogenated alkanes) is 12. The number of rotatable bonds is 24. The van der Waals surface area contributed by atoms with Crippen LogP contribution in [0.5, 0.6) is 0 Å². The van der Waals surface area contributed by atoms with Crippen LogP contribution >= 0.6 is 15.6 Å². The topological polar surface area (TPSA) is 256 Å². The maximum atomic E-state index is 12.8. The number of phosphoric ester groups is 2. The molecule has 7 N–H and O–H groups in total. The molecule has 8 atom stereocenters. The van der Waals surface area contributed by atoms with Crippen molar-refractivity contribution in [2.75, 3.05) is 13.2 Å². The van der Waals surface area contributed by atoms with E-state index in [0.717, 1.165) is 25.7 Å². The van der Waals surface area contributed by atoms with Crippen LogP contribution in [0.2, 0.25) is 0 Å².